The normalized spacial score (nSPS) is 11.9. The van der Waals surface area contributed by atoms with E-state index in [1.54, 1.807) is 4.68 Å². The highest BCUT2D eigenvalue weighted by Crippen LogP contribution is 2.12. The van der Waals surface area contributed by atoms with Gasteiger partial charge in [-0.25, -0.2) is 4.68 Å². The number of fused-ring (bicyclic) bond motifs is 1. The molecule has 0 aliphatic rings. The summed E-state index contributed by atoms with van der Waals surface area (Å²) >= 11 is 0. The molecule has 1 aromatic heterocycles. The van der Waals surface area contributed by atoms with E-state index in [4.69, 9.17) is 0 Å². The van der Waals surface area contributed by atoms with E-state index in [0.717, 1.165) is 22.2 Å². The minimum atomic E-state index is 0.375. The van der Waals surface area contributed by atoms with Gasteiger partial charge in [0.2, 0.25) is 0 Å². The molecule has 5 nitrogen and oxygen atoms in total. The molecule has 0 atom stereocenters. The first-order valence-corrected chi connectivity index (χ1v) is 6.34. The van der Waals surface area contributed by atoms with E-state index in [1.165, 1.54) is 0 Å². The average molecular weight is 266 g/mol. The fourth-order valence-corrected chi connectivity index (χ4v) is 2.10. The summed E-state index contributed by atoms with van der Waals surface area (Å²) in [6.45, 7) is 2.39. The van der Waals surface area contributed by atoms with E-state index in [1.807, 2.05) is 55.5 Å². The van der Waals surface area contributed by atoms with Crippen LogP contribution < -0.4 is 0 Å². The molecular formula is C15H14N4O. The molecule has 0 aliphatic carbocycles. The van der Waals surface area contributed by atoms with Crippen LogP contribution in [-0.2, 0) is 6.54 Å². The maximum atomic E-state index is 9.25. The predicted molar refractivity (Wildman–Crippen MR) is 77.0 cm³/mol. The first kappa shape index (κ1) is 12.3. The van der Waals surface area contributed by atoms with Gasteiger partial charge in [0, 0.05) is 5.56 Å². The SMILES string of the molecule is Cc1ccc(/C(Cn2nnc3ccccc32)=N/O)cc1. The van der Waals surface area contributed by atoms with Crippen LogP contribution in [0.2, 0.25) is 0 Å². The third-order valence-corrected chi connectivity index (χ3v) is 3.23. The van der Waals surface area contributed by atoms with Gasteiger partial charge in [-0.3, -0.25) is 0 Å². The van der Waals surface area contributed by atoms with Gasteiger partial charge < -0.3 is 5.21 Å². The van der Waals surface area contributed by atoms with Crippen molar-refractivity contribution >= 4 is 16.7 Å². The zero-order valence-corrected chi connectivity index (χ0v) is 11.1. The van der Waals surface area contributed by atoms with Gasteiger partial charge in [-0.2, -0.15) is 0 Å². The number of nitrogens with zero attached hydrogens (tertiary/aromatic N) is 4. The fraction of sp³-hybridized carbons (Fsp3) is 0.133. The number of para-hydroxylation sites is 1. The van der Waals surface area contributed by atoms with Gasteiger partial charge in [-0.15, -0.1) is 5.10 Å². The van der Waals surface area contributed by atoms with Crippen LogP contribution >= 0.6 is 0 Å². The Morgan fingerprint density at radius 3 is 2.65 bits per heavy atom. The van der Waals surface area contributed by atoms with Crippen molar-refractivity contribution in [1.29, 1.82) is 0 Å². The summed E-state index contributed by atoms with van der Waals surface area (Å²) in [7, 11) is 0. The summed E-state index contributed by atoms with van der Waals surface area (Å²) in [5.41, 5.74) is 4.34. The molecule has 100 valence electrons. The number of hydrogen-bond donors (Lipinski definition) is 1. The minimum absolute atomic E-state index is 0.375. The molecule has 0 saturated carbocycles. The van der Waals surface area contributed by atoms with Crippen molar-refractivity contribution in [2.75, 3.05) is 0 Å². The molecule has 0 saturated heterocycles. The Balaban J connectivity index is 1.94. The van der Waals surface area contributed by atoms with E-state index < -0.39 is 0 Å². The van der Waals surface area contributed by atoms with Gasteiger partial charge >= 0.3 is 0 Å². The lowest BCUT2D eigenvalue weighted by Gasteiger charge is -2.06. The van der Waals surface area contributed by atoms with E-state index in [0.29, 0.717) is 12.3 Å². The third-order valence-electron chi connectivity index (χ3n) is 3.23. The highest BCUT2D eigenvalue weighted by atomic mass is 16.4. The Morgan fingerprint density at radius 2 is 1.90 bits per heavy atom. The summed E-state index contributed by atoms with van der Waals surface area (Å²) < 4.78 is 1.73. The highest BCUT2D eigenvalue weighted by Gasteiger charge is 2.09. The van der Waals surface area contributed by atoms with E-state index in [9.17, 15) is 5.21 Å². The van der Waals surface area contributed by atoms with Crippen molar-refractivity contribution < 1.29 is 5.21 Å². The van der Waals surface area contributed by atoms with Crippen LogP contribution in [0.4, 0.5) is 0 Å². The number of rotatable bonds is 3. The maximum absolute atomic E-state index is 9.25. The number of benzene rings is 2. The van der Waals surface area contributed by atoms with Gasteiger partial charge in [0.1, 0.15) is 11.2 Å². The van der Waals surface area contributed by atoms with Gasteiger partial charge in [0.25, 0.3) is 0 Å². The Labute approximate surface area is 116 Å². The zero-order valence-electron chi connectivity index (χ0n) is 11.1. The summed E-state index contributed by atoms with van der Waals surface area (Å²) in [6, 6.07) is 15.5. The maximum Gasteiger partial charge on any atom is 0.113 e. The van der Waals surface area contributed by atoms with E-state index >= 15 is 0 Å². The molecule has 2 aromatic carbocycles. The Hall–Kier alpha value is -2.69. The van der Waals surface area contributed by atoms with Crippen molar-refractivity contribution in [3.63, 3.8) is 0 Å². The molecule has 0 fully saturated rings. The predicted octanol–water partition coefficient (Wildman–Crippen LogP) is 2.62. The molecule has 3 aromatic rings. The minimum Gasteiger partial charge on any atom is -0.411 e. The molecule has 0 bridgehead atoms. The number of aromatic nitrogens is 3. The summed E-state index contributed by atoms with van der Waals surface area (Å²) in [5, 5.41) is 20.8. The lowest BCUT2D eigenvalue weighted by atomic mass is 10.1. The lowest BCUT2D eigenvalue weighted by molar-refractivity contribution is 0.317. The monoisotopic (exact) mass is 266 g/mol. The molecule has 0 unspecified atom stereocenters. The molecule has 1 N–H and O–H groups in total. The van der Waals surface area contributed by atoms with Crippen LogP contribution in [0.5, 0.6) is 0 Å². The third kappa shape index (κ3) is 2.25. The first-order chi connectivity index (χ1) is 9.78. The van der Waals surface area contributed by atoms with E-state index in [2.05, 4.69) is 15.5 Å². The summed E-state index contributed by atoms with van der Waals surface area (Å²) in [4.78, 5) is 0. The molecule has 20 heavy (non-hydrogen) atoms. The molecular weight excluding hydrogens is 252 g/mol. The van der Waals surface area contributed by atoms with Crippen LogP contribution in [0.25, 0.3) is 11.0 Å². The molecule has 1 heterocycles. The van der Waals surface area contributed by atoms with Crippen LogP contribution in [0.15, 0.2) is 53.7 Å². The molecule has 0 radical (unpaired) electrons. The van der Waals surface area contributed by atoms with Crippen molar-refractivity contribution in [2.24, 2.45) is 5.16 Å². The smallest absolute Gasteiger partial charge is 0.113 e. The number of aryl methyl sites for hydroxylation is 1. The van der Waals surface area contributed by atoms with Gasteiger partial charge in [0.15, 0.2) is 0 Å². The number of hydrogen-bond acceptors (Lipinski definition) is 4. The molecule has 0 amide bonds. The van der Waals surface area contributed by atoms with Crippen LogP contribution in [-0.4, -0.2) is 25.9 Å². The number of oxime groups is 1. The Morgan fingerprint density at radius 1 is 1.15 bits per heavy atom. The van der Waals surface area contributed by atoms with Crippen LogP contribution in [0, 0.1) is 6.92 Å². The van der Waals surface area contributed by atoms with Crippen LogP contribution in [0.1, 0.15) is 11.1 Å². The molecule has 3 rings (SSSR count). The zero-order chi connectivity index (χ0) is 13.9. The van der Waals surface area contributed by atoms with Gasteiger partial charge in [-0.1, -0.05) is 52.3 Å². The summed E-state index contributed by atoms with van der Waals surface area (Å²) in [5.74, 6) is 0. The fourth-order valence-electron chi connectivity index (χ4n) is 2.10. The standard InChI is InChI=1S/C15H14N4O/c1-11-6-8-12(9-7-11)14(17-20)10-19-15-5-3-2-4-13(15)16-18-19/h2-9,20H,10H2,1H3/b17-14+. The van der Waals surface area contributed by atoms with Crippen molar-refractivity contribution in [3.05, 3.63) is 59.7 Å². The Bertz CT molecular complexity index is 759. The van der Waals surface area contributed by atoms with Crippen LogP contribution in [0.3, 0.4) is 0 Å². The second-order valence-electron chi connectivity index (χ2n) is 4.65. The van der Waals surface area contributed by atoms with Gasteiger partial charge in [0.05, 0.1) is 12.1 Å². The quantitative estimate of drug-likeness (QED) is 0.450. The lowest BCUT2D eigenvalue weighted by Crippen LogP contribution is -2.13. The van der Waals surface area contributed by atoms with Crippen molar-refractivity contribution in [2.45, 2.75) is 13.5 Å². The summed E-state index contributed by atoms with van der Waals surface area (Å²) in [6.07, 6.45) is 0. The average Bonchev–Trinajstić information content (AvgIpc) is 2.89. The topological polar surface area (TPSA) is 63.3 Å². The van der Waals surface area contributed by atoms with Crippen molar-refractivity contribution in [3.8, 4) is 0 Å². The van der Waals surface area contributed by atoms with Crippen molar-refractivity contribution in [1.82, 2.24) is 15.0 Å². The second-order valence-corrected chi connectivity index (χ2v) is 4.65. The highest BCUT2D eigenvalue weighted by molar-refractivity contribution is 6.00. The molecule has 0 spiro atoms. The van der Waals surface area contributed by atoms with Gasteiger partial charge in [-0.05, 0) is 19.1 Å². The first-order valence-electron chi connectivity index (χ1n) is 6.34. The largest absolute Gasteiger partial charge is 0.411 e. The second kappa shape index (κ2) is 5.13. The Kier molecular flexibility index (Phi) is 3.16. The van der Waals surface area contributed by atoms with E-state index in [-0.39, 0.29) is 0 Å². The molecule has 5 heteroatoms. The molecule has 0 aliphatic heterocycles.